The molecule has 258 valence electrons. The molecule has 0 amide bonds. The van der Waals surface area contributed by atoms with Gasteiger partial charge in [0.1, 0.15) is 11.2 Å². The fraction of sp³-hybridized carbons (Fsp3) is 0. The van der Waals surface area contributed by atoms with Gasteiger partial charge in [0.05, 0.1) is 0 Å². The van der Waals surface area contributed by atoms with Crippen molar-refractivity contribution in [2.24, 2.45) is 0 Å². The lowest BCUT2D eigenvalue weighted by molar-refractivity contribution is 0.669. The molecule has 10 aromatic rings. The van der Waals surface area contributed by atoms with Crippen molar-refractivity contribution in [1.82, 2.24) is 15.0 Å². The van der Waals surface area contributed by atoms with Crippen LogP contribution in [-0.2, 0) is 0 Å². The highest BCUT2D eigenvalue weighted by atomic mass is 16.3. The lowest BCUT2D eigenvalue weighted by Gasteiger charge is -2.10. The van der Waals surface area contributed by atoms with E-state index in [1.165, 1.54) is 33.4 Å². The van der Waals surface area contributed by atoms with E-state index >= 15 is 0 Å². The summed E-state index contributed by atoms with van der Waals surface area (Å²) in [5, 5.41) is 2.00. The number of furan rings is 1. The Kier molecular flexibility index (Phi) is 8.12. The maximum atomic E-state index is 6.42. The first-order valence-corrected chi connectivity index (χ1v) is 18.4. The van der Waals surface area contributed by atoms with Crippen LogP contribution in [0.3, 0.4) is 0 Å². The van der Waals surface area contributed by atoms with Gasteiger partial charge >= 0.3 is 0 Å². The number of rotatable bonds is 7. The van der Waals surface area contributed by atoms with E-state index in [1.807, 2.05) is 78.9 Å². The van der Waals surface area contributed by atoms with Gasteiger partial charge in [0.15, 0.2) is 17.5 Å². The predicted octanol–water partition coefficient (Wildman–Crippen LogP) is 13.4. The molecule has 0 atom stereocenters. The summed E-state index contributed by atoms with van der Waals surface area (Å²) in [4.78, 5) is 15.0. The zero-order valence-corrected chi connectivity index (χ0v) is 29.8. The zero-order valence-electron chi connectivity index (χ0n) is 29.8. The molecule has 10 rings (SSSR count). The lowest BCUT2D eigenvalue weighted by Crippen LogP contribution is -2.00. The second-order valence-corrected chi connectivity index (χ2v) is 13.6. The molecule has 0 saturated heterocycles. The minimum atomic E-state index is 0.602. The molecular formula is C51H33N3O. The average Bonchev–Trinajstić information content (AvgIpc) is 3.66. The number of hydrogen-bond acceptors (Lipinski definition) is 4. The van der Waals surface area contributed by atoms with Gasteiger partial charge in [0, 0.05) is 27.5 Å². The minimum absolute atomic E-state index is 0.602. The van der Waals surface area contributed by atoms with Crippen LogP contribution in [0.1, 0.15) is 0 Å². The predicted molar refractivity (Wildman–Crippen MR) is 225 cm³/mol. The van der Waals surface area contributed by atoms with Crippen molar-refractivity contribution < 1.29 is 4.42 Å². The van der Waals surface area contributed by atoms with E-state index in [-0.39, 0.29) is 0 Å². The van der Waals surface area contributed by atoms with Gasteiger partial charge in [0.2, 0.25) is 0 Å². The van der Waals surface area contributed by atoms with Crippen molar-refractivity contribution >= 4 is 21.9 Å². The summed E-state index contributed by atoms with van der Waals surface area (Å²) in [5.74, 6) is 1.85. The highest BCUT2D eigenvalue weighted by molar-refractivity contribution is 6.12. The molecule has 0 spiro atoms. The van der Waals surface area contributed by atoms with Crippen LogP contribution in [0.15, 0.2) is 205 Å². The first-order chi connectivity index (χ1) is 27.2. The molecule has 55 heavy (non-hydrogen) atoms. The van der Waals surface area contributed by atoms with E-state index in [0.29, 0.717) is 17.5 Å². The van der Waals surface area contributed by atoms with Crippen molar-refractivity contribution in [3.05, 3.63) is 200 Å². The first kappa shape index (κ1) is 32.2. The van der Waals surface area contributed by atoms with Crippen molar-refractivity contribution in [3.63, 3.8) is 0 Å². The minimum Gasteiger partial charge on any atom is -0.456 e. The summed E-state index contributed by atoms with van der Waals surface area (Å²) in [6, 6.07) is 69.5. The zero-order chi connectivity index (χ0) is 36.6. The monoisotopic (exact) mass is 703 g/mol. The molecule has 0 aliphatic carbocycles. The topological polar surface area (TPSA) is 51.8 Å². The van der Waals surface area contributed by atoms with Gasteiger partial charge in [0.25, 0.3) is 0 Å². The summed E-state index contributed by atoms with van der Waals surface area (Å²) < 4.78 is 6.42. The van der Waals surface area contributed by atoms with Crippen LogP contribution in [0.4, 0.5) is 0 Å². The molecular weight excluding hydrogens is 671 g/mol. The molecule has 2 aromatic heterocycles. The second-order valence-electron chi connectivity index (χ2n) is 13.6. The Hall–Kier alpha value is -7.43. The third kappa shape index (κ3) is 6.26. The van der Waals surface area contributed by atoms with E-state index in [9.17, 15) is 0 Å². The third-order valence-electron chi connectivity index (χ3n) is 10.2. The van der Waals surface area contributed by atoms with Crippen LogP contribution >= 0.6 is 0 Å². The summed E-state index contributed by atoms with van der Waals surface area (Å²) >= 11 is 0. The van der Waals surface area contributed by atoms with E-state index in [2.05, 4.69) is 121 Å². The van der Waals surface area contributed by atoms with Gasteiger partial charge in [-0.05, 0) is 68.8 Å². The molecule has 0 unspecified atom stereocenters. The van der Waals surface area contributed by atoms with Gasteiger partial charge < -0.3 is 4.42 Å². The van der Waals surface area contributed by atoms with Gasteiger partial charge in [-0.2, -0.15) is 0 Å². The highest BCUT2D eigenvalue weighted by Gasteiger charge is 2.18. The summed E-state index contributed by atoms with van der Waals surface area (Å²) in [7, 11) is 0. The van der Waals surface area contributed by atoms with Gasteiger partial charge in [-0.1, -0.05) is 176 Å². The summed E-state index contributed by atoms with van der Waals surface area (Å²) in [6.07, 6.45) is 0. The highest BCUT2D eigenvalue weighted by Crippen LogP contribution is 2.39. The molecule has 0 radical (unpaired) electrons. The SMILES string of the molecule is c1ccc(-c2ccc(-c3cccc(-c4ccc(-c5ccc6oc7cccc(-c8nc(-c9ccccc9)nc(-c9ccccc9)n8)c7c6c5)cc4)c3)cc2)cc1. The number of nitrogens with zero attached hydrogens (tertiary/aromatic N) is 3. The summed E-state index contributed by atoms with van der Waals surface area (Å²) in [5.41, 5.74) is 13.8. The Labute approximate surface area is 319 Å². The molecule has 2 heterocycles. The molecule has 0 fully saturated rings. The third-order valence-corrected chi connectivity index (χ3v) is 10.2. The van der Waals surface area contributed by atoms with Gasteiger partial charge in [-0.3, -0.25) is 0 Å². The van der Waals surface area contributed by atoms with E-state index in [4.69, 9.17) is 19.4 Å². The number of benzene rings is 8. The first-order valence-electron chi connectivity index (χ1n) is 18.4. The fourth-order valence-corrected chi connectivity index (χ4v) is 7.34. The number of hydrogen-bond donors (Lipinski definition) is 0. The van der Waals surface area contributed by atoms with Crippen LogP contribution < -0.4 is 0 Å². The Morgan fingerprint density at radius 3 is 1.22 bits per heavy atom. The molecule has 0 saturated carbocycles. The molecule has 8 aromatic carbocycles. The smallest absolute Gasteiger partial charge is 0.164 e. The van der Waals surface area contributed by atoms with Crippen LogP contribution in [0.5, 0.6) is 0 Å². The molecule has 0 N–H and O–H groups in total. The maximum Gasteiger partial charge on any atom is 0.164 e. The molecule has 0 aliphatic heterocycles. The average molecular weight is 704 g/mol. The van der Waals surface area contributed by atoms with Crippen molar-refractivity contribution in [2.75, 3.05) is 0 Å². The van der Waals surface area contributed by atoms with E-state index in [0.717, 1.165) is 49.8 Å². The van der Waals surface area contributed by atoms with Crippen LogP contribution in [0.2, 0.25) is 0 Å². The molecule has 4 nitrogen and oxygen atoms in total. The van der Waals surface area contributed by atoms with Crippen molar-refractivity contribution in [1.29, 1.82) is 0 Å². The van der Waals surface area contributed by atoms with Crippen molar-refractivity contribution in [2.45, 2.75) is 0 Å². The Balaban J connectivity index is 1.000. The van der Waals surface area contributed by atoms with Gasteiger partial charge in [-0.15, -0.1) is 0 Å². The quantitative estimate of drug-likeness (QED) is 0.166. The van der Waals surface area contributed by atoms with E-state index < -0.39 is 0 Å². The number of fused-ring (bicyclic) bond motifs is 3. The van der Waals surface area contributed by atoms with Crippen LogP contribution in [-0.4, -0.2) is 15.0 Å². The fourth-order valence-electron chi connectivity index (χ4n) is 7.34. The Morgan fingerprint density at radius 1 is 0.273 bits per heavy atom. The Morgan fingerprint density at radius 2 is 0.673 bits per heavy atom. The van der Waals surface area contributed by atoms with Crippen LogP contribution in [0.25, 0.3) is 101 Å². The second kappa shape index (κ2) is 13.8. The lowest BCUT2D eigenvalue weighted by atomic mass is 9.95. The summed E-state index contributed by atoms with van der Waals surface area (Å²) in [6.45, 7) is 0. The molecule has 4 heteroatoms. The van der Waals surface area contributed by atoms with Crippen LogP contribution in [0, 0.1) is 0 Å². The number of aromatic nitrogens is 3. The standard InChI is InChI=1S/C51H33N3O/c1-4-12-34(13-5-1)35-22-24-36(25-23-35)41-18-10-19-42(32-41)37-26-28-38(29-27-37)43-30-31-46-45(33-43)48-44(20-11-21-47(48)55-46)51-53-49(39-14-6-2-7-15-39)52-50(54-51)40-16-8-3-9-17-40/h1-33H. The molecule has 0 bridgehead atoms. The molecule has 0 aliphatic rings. The van der Waals surface area contributed by atoms with E-state index in [1.54, 1.807) is 0 Å². The largest absolute Gasteiger partial charge is 0.456 e. The maximum absolute atomic E-state index is 6.42. The Bertz CT molecular complexity index is 2880. The van der Waals surface area contributed by atoms with Gasteiger partial charge in [-0.25, -0.2) is 15.0 Å². The normalized spacial score (nSPS) is 11.3. The van der Waals surface area contributed by atoms with Crippen molar-refractivity contribution in [3.8, 4) is 78.7 Å².